The minimum Gasteiger partial charge on any atom is -0.460 e. The Morgan fingerprint density at radius 1 is 1.17 bits per heavy atom. The van der Waals surface area contributed by atoms with E-state index in [9.17, 15) is 14.4 Å². The first-order valence-corrected chi connectivity index (χ1v) is 5.72. The van der Waals surface area contributed by atoms with E-state index < -0.39 is 17.5 Å². The van der Waals surface area contributed by atoms with Crippen molar-refractivity contribution < 1.29 is 19.1 Å². The number of carbonyl (C=O) groups excluding carboxylic acids is 3. The van der Waals surface area contributed by atoms with Crippen molar-refractivity contribution in [3.63, 3.8) is 0 Å². The topological polar surface area (TPSA) is 111 Å². The Balaban J connectivity index is 3.72. The molecule has 0 fully saturated rings. The van der Waals surface area contributed by atoms with Gasteiger partial charge in [-0.05, 0) is 27.2 Å². The molecule has 0 radical (unpaired) electrons. The van der Waals surface area contributed by atoms with Crippen molar-refractivity contribution in [2.75, 3.05) is 6.54 Å². The molecule has 0 atom stereocenters. The zero-order valence-corrected chi connectivity index (χ0v) is 11.0. The molecule has 0 aliphatic heterocycles. The van der Waals surface area contributed by atoms with Gasteiger partial charge in [-0.15, -0.1) is 0 Å². The SMILES string of the molecule is CC(C)(C)OC(=O)CC(=O)NCCCC(=O)NN. The van der Waals surface area contributed by atoms with Gasteiger partial charge in [0.2, 0.25) is 11.8 Å². The Morgan fingerprint density at radius 3 is 2.28 bits per heavy atom. The van der Waals surface area contributed by atoms with Crippen LogP contribution < -0.4 is 16.6 Å². The predicted octanol–water partition coefficient (Wildman–Crippen LogP) is -0.395. The Bertz CT molecular complexity index is 310. The van der Waals surface area contributed by atoms with Crippen LogP contribution in [0.2, 0.25) is 0 Å². The van der Waals surface area contributed by atoms with E-state index in [0.717, 1.165) is 0 Å². The van der Waals surface area contributed by atoms with Gasteiger partial charge in [-0.1, -0.05) is 0 Å². The molecule has 0 aromatic heterocycles. The van der Waals surface area contributed by atoms with Crippen LogP contribution in [0.5, 0.6) is 0 Å². The average molecular weight is 259 g/mol. The average Bonchev–Trinajstić information content (AvgIpc) is 2.21. The second-order valence-electron chi connectivity index (χ2n) is 4.78. The largest absolute Gasteiger partial charge is 0.460 e. The number of rotatable bonds is 6. The highest BCUT2D eigenvalue weighted by atomic mass is 16.6. The molecule has 0 aromatic rings. The Labute approximate surface area is 106 Å². The standard InChI is InChI=1S/C11H21N3O4/c1-11(2,3)18-10(17)7-9(16)13-6-4-5-8(15)14-12/h4-7,12H2,1-3H3,(H,13,16)(H,14,15). The van der Waals surface area contributed by atoms with Crippen molar-refractivity contribution in [3.05, 3.63) is 0 Å². The van der Waals surface area contributed by atoms with E-state index in [1.54, 1.807) is 20.8 Å². The van der Waals surface area contributed by atoms with Gasteiger partial charge < -0.3 is 10.1 Å². The molecule has 0 aliphatic carbocycles. The Hall–Kier alpha value is -1.63. The fraction of sp³-hybridized carbons (Fsp3) is 0.727. The molecular formula is C11H21N3O4. The summed E-state index contributed by atoms with van der Waals surface area (Å²) in [6.07, 6.45) is 0.368. The predicted molar refractivity (Wildman–Crippen MR) is 65.0 cm³/mol. The summed E-state index contributed by atoms with van der Waals surface area (Å²) < 4.78 is 4.99. The first-order valence-electron chi connectivity index (χ1n) is 5.72. The quantitative estimate of drug-likeness (QED) is 0.150. The third-order valence-corrected chi connectivity index (χ3v) is 1.79. The summed E-state index contributed by atoms with van der Waals surface area (Å²) in [6, 6.07) is 0. The lowest BCUT2D eigenvalue weighted by Crippen LogP contribution is -2.32. The van der Waals surface area contributed by atoms with Gasteiger partial charge in [-0.25, -0.2) is 5.84 Å². The van der Waals surface area contributed by atoms with Crippen LogP contribution in [0, 0.1) is 0 Å². The maximum atomic E-state index is 11.3. The number of amides is 2. The lowest BCUT2D eigenvalue weighted by molar-refractivity contribution is -0.156. The first kappa shape index (κ1) is 16.4. The molecule has 7 nitrogen and oxygen atoms in total. The summed E-state index contributed by atoms with van der Waals surface area (Å²) in [7, 11) is 0. The molecule has 0 aliphatic rings. The van der Waals surface area contributed by atoms with E-state index in [4.69, 9.17) is 10.6 Å². The number of hydrogen-bond acceptors (Lipinski definition) is 5. The first-order chi connectivity index (χ1) is 8.24. The molecule has 0 saturated carbocycles. The molecule has 0 bridgehead atoms. The highest BCUT2D eigenvalue weighted by Crippen LogP contribution is 2.07. The third-order valence-electron chi connectivity index (χ3n) is 1.79. The molecular weight excluding hydrogens is 238 g/mol. The van der Waals surface area contributed by atoms with Gasteiger partial charge in [-0.2, -0.15) is 0 Å². The Kier molecular flexibility index (Phi) is 6.96. The number of hydrogen-bond donors (Lipinski definition) is 3. The summed E-state index contributed by atoms with van der Waals surface area (Å²) in [6.45, 7) is 5.51. The summed E-state index contributed by atoms with van der Waals surface area (Å²) >= 11 is 0. The van der Waals surface area contributed by atoms with Gasteiger partial charge in [0, 0.05) is 13.0 Å². The van der Waals surface area contributed by atoms with Crippen molar-refractivity contribution in [2.24, 2.45) is 5.84 Å². The zero-order chi connectivity index (χ0) is 14.2. The maximum absolute atomic E-state index is 11.3. The van der Waals surface area contributed by atoms with E-state index in [1.165, 1.54) is 0 Å². The number of nitrogens with two attached hydrogens (primary N) is 1. The minimum atomic E-state index is -0.601. The highest BCUT2D eigenvalue weighted by molar-refractivity contribution is 5.94. The Morgan fingerprint density at radius 2 is 1.78 bits per heavy atom. The fourth-order valence-electron chi connectivity index (χ4n) is 1.12. The minimum absolute atomic E-state index is 0.225. The van der Waals surface area contributed by atoms with Crippen LogP contribution in [-0.2, 0) is 19.1 Å². The molecule has 0 rings (SSSR count). The third kappa shape index (κ3) is 9.59. The van der Waals surface area contributed by atoms with Gasteiger partial charge in [0.05, 0.1) is 0 Å². The van der Waals surface area contributed by atoms with Crippen LogP contribution in [0.1, 0.15) is 40.0 Å². The number of ether oxygens (including phenoxy) is 1. The molecule has 18 heavy (non-hydrogen) atoms. The van der Waals surface area contributed by atoms with Gasteiger partial charge in [0.25, 0.3) is 0 Å². The molecule has 0 heterocycles. The molecule has 0 unspecified atom stereocenters. The van der Waals surface area contributed by atoms with Gasteiger partial charge in [0.15, 0.2) is 0 Å². The van der Waals surface area contributed by atoms with E-state index in [-0.39, 0.29) is 18.7 Å². The van der Waals surface area contributed by atoms with Crippen LogP contribution in [-0.4, -0.2) is 29.9 Å². The fourth-order valence-corrected chi connectivity index (χ4v) is 1.12. The van der Waals surface area contributed by atoms with Crippen molar-refractivity contribution in [1.29, 1.82) is 0 Å². The lowest BCUT2D eigenvalue weighted by Gasteiger charge is -2.19. The van der Waals surface area contributed by atoms with Crippen molar-refractivity contribution >= 4 is 17.8 Å². The molecule has 2 amide bonds. The normalized spacial score (nSPS) is 10.7. The summed E-state index contributed by atoms with van der Waals surface area (Å²) in [5.74, 6) is 3.61. The van der Waals surface area contributed by atoms with Crippen LogP contribution in [0.4, 0.5) is 0 Å². The number of carbonyl (C=O) groups is 3. The molecule has 7 heteroatoms. The monoisotopic (exact) mass is 259 g/mol. The van der Waals surface area contributed by atoms with Crippen molar-refractivity contribution in [3.8, 4) is 0 Å². The molecule has 0 saturated heterocycles. The second-order valence-corrected chi connectivity index (χ2v) is 4.78. The van der Waals surface area contributed by atoms with Crippen LogP contribution >= 0.6 is 0 Å². The van der Waals surface area contributed by atoms with Gasteiger partial charge in [0.1, 0.15) is 12.0 Å². The summed E-state index contributed by atoms with van der Waals surface area (Å²) in [5, 5.41) is 2.52. The lowest BCUT2D eigenvalue weighted by atomic mass is 10.2. The van der Waals surface area contributed by atoms with Gasteiger partial charge in [-0.3, -0.25) is 19.8 Å². The van der Waals surface area contributed by atoms with Gasteiger partial charge >= 0.3 is 5.97 Å². The van der Waals surface area contributed by atoms with Crippen LogP contribution in [0.25, 0.3) is 0 Å². The van der Waals surface area contributed by atoms with E-state index in [1.807, 2.05) is 5.43 Å². The van der Waals surface area contributed by atoms with E-state index >= 15 is 0 Å². The zero-order valence-electron chi connectivity index (χ0n) is 11.0. The number of nitrogens with one attached hydrogen (secondary N) is 2. The second kappa shape index (κ2) is 7.65. The van der Waals surface area contributed by atoms with E-state index in [0.29, 0.717) is 13.0 Å². The highest BCUT2D eigenvalue weighted by Gasteiger charge is 2.18. The van der Waals surface area contributed by atoms with Crippen molar-refractivity contribution in [1.82, 2.24) is 10.7 Å². The maximum Gasteiger partial charge on any atom is 0.315 e. The van der Waals surface area contributed by atoms with Crippen LogP contribution in [0.3, 0.4) is 0 Å². The number of esters is 1. The number of hydrazine groups is 1. The van der Waals surface area contributed by atoms with E-state index in [2.05, 4.69) is 5.32 Å². The smallest absolute Gasteiger partial charge is 0.315 e. The molecule has 0 spiro atoms. The molecule has 0 aromatic carbocycles. The summed E-state index contributed by atoms with van der Waals surface area (Å²) in [4.78, 5) is 33.4. The van der Waals surface area contributed by atoms with Crippen molar-refractivity contribution in [2.45, 2.75) is 45.6 Å². The molecule has 104 valence electrons. The molecule has 4 N–H and O–H groups in total. The summed E-state index contributed by atoms with van der Waals surface area (Å²) in [5.41, 5.74) is 1.38. The van der Waals surface area contributed by atoms with Crippen LogP contribution in [0.15, 0.2) is 0 Å².